The van der Waals surface area contributed by atoms with Gasteiger partial charge in [0.2, 0.25) is 0 Å². The third kappa shape index (κ3) is 6.19. The first-order valence-electron chi connectivity index (χ1n) is 12.9. The van der Waals surface area contributed by atoms with Gasteiger partial charge in [0.1, 0.15) is 12.2 Å². The minimum atomic E-state index is -0.294. The fourth-order valence-electron chi connectivity index (χ4n) is 6.40. The summed E-state index contributed by atoms with van der Waals surface area (Å²) in [5.41, 5.74) is 2.14. The third-order valence-electron chi connectivity index (χ3n) is 8.20. The van der Waals surface area contributed by atoms with Gasteiger partial charge >= 0.3 is 11.9 Å². The van der Waals surface area contributed by atoms with Crippen molar-refractivity contribution in [3.8, 4) is 0 Å². The van der Waals surface area contributed by atoms with Gasteiger partial charge in [0, 0.05) is 26.2 Å². The highest BCUT2D eigenvalue weighted by atomic mass is 16.5. The van der Waals surface area contributed by atoms with Crippen molar-refractivity contribution in [3.63, 3.8) is 0 Å². The zero-order chi connectivity index (χ0) is 24.4. The summed E-state index contributed by atoms with van der Waals surface area (Å²) in [6, 6.07) is 0. The first-order valence-corrected chi connectivity index (χ1v) is 12.9. The maximum Gasteiger partial charge on any atom is 0.331 e. The second-order valence-corrected chi connectivity index (χ2v) is 11.1. The fraction of sp³-hybridized carbons (Fsp3) is 0.679. The number of imidazole rings is 1. The van der Waals surface area contributed by atoms with Crippen LogP contribution in [-0.2, 0) is 26.1 Å². The van der Waals surface area contributed by atoms with E-state index in [2.05, 4.69) is 31.8 Å². The lowest BCUT2D eigenvalue weighted by Crippen LogP contribution is -2.38. The van der Waals surface area contributed by atoms with E-state index >= 15 is 0 Å². The van der Waals surface area contributed by atoms with Gasteiger partial charge in [-0.05, 0) is 87.0 Å². The molecule has 0 amide bonds. The number of rotatable bonds is 5. The summed E-state index contributed by atoms with van der Waals surface area (Å²) in [6.07, 6.45) is 14.9. The number of aryl methyl sites for hydroxylation is 1. The molecule has 7 atom stereocenters. The maximum absolute atomic E-state index is 12.7. The number of ether oxygens (including phenoxy) is 2. The minimum Gasteiger partial charge on any atom is -0.463 e. The lowest BCUT2D eigenvalue weighted by molar-refractivity contribution is -0.150. The van der Waals surface area contributed by atoms with E-state index in [1.807, 2.05) is 17.8 Å². The van der Waals surface area contributed by atoms with Crippen molar-refractivity contribution >= 4 is 18.0 Å². The normalized spacial score (nSPS) is 33.6. The summed E-state index contributed by atoms with van der Waals surface area (Å²) in [5.74, 6) is 2.49. The van der Waals surface area contributed by atoms with E-state index in [0.717, 1.165) is 44.2 Å². The van der Waals surface area contributed by atoms with E-state index in [1.54, 1.807) is 12.4 Å². The lowest BCUT2D eigenvalue weighted by Gasteiger charge is -2.43. The quantitative estimate of drug-likeness (QED) is 0.331. The van der Waals surface area contributed by atoms with Crippen molar-refractivity contribution in [2.75, 3.05) is 0 Å². The lowest BCUT2D eigenvalue weighted by atomic mass is 9.64. The largest absolute Gasteiger partial charge is 0.463 e. The SMILES string of the molecule is CC(=O)OC1CC2CC2CC(OC(=O)C=Cc2cn(C)cn2)CC2C(C)=CCC(C(C)C)C2C1. The average molecular weight is 469 g/mol. The molecule has 34 heavy (non-hydrogen) atoms. The third-order valence-corrected chi connectivity index (χ3v) is 8.20. The highest BCUT2D eigenvalue weighted by molar-refractivity contribution is 5.86. The van der Waals surface area contributed by atoms with Crippen molar-refractivity contribution < 1.29 is 19.1 Å². The molecular formula is C28H40N2O4. The van der Waals surface area contributed by atoms with Gasteiger partial charge in [0.25, 0.3) is 0 Å². The summed E-state index contributed by atoms with van der Waals surface area (Å²) in [5, 5.41) is 0. The summed E-state index contributed by atoms with van der Waals surface area (Å²) >= 11 is 0. The number of fused-ring (bicyclic) bond motifs is 2. The van der Waals surface area contributed by atoms with Crippen LogP contribution in [0.5, 0.6) is 0 Å². The second kappa shape index (κ2) is 10.5. The molecule has 0 aromatic carbocycles. The Morgan fingerprint density at radius 1 is 1.09 bits per heavy atom. The van der Waals surface area contributed by atoms with Crippen LogP contribution >= 0.6 is 0 Å². The van der Waals surface area contributed by atoms with Crippen LogP contribution in [0.3, 0.4) is 0 Å². The number of aromatic nitrogens is 2. The number of hydrogen-bond donors (Lipinski definition) is 0. The number of carbonyl (C=O) groups excluding carboxylic acids is 2. The number of hydrogen-bond acceptors (Lipinski definition) is 5. The van der Waals surface area contributed by atoms with Crippen LogP contribution in [0.2, 0.25) is 0 Å². The van der Waals surface area contributed by atoms with Crippen LogP contribution < -0.4 is 0 Å². The van der Waals surface area contributed by atoms with Gasteiger partial charge in [-0.1, -0.05) is 25.5 Å². The Labute approximate surface area is 203 Å². The molecule has 3 aliphatic carbocycles. The van der Waals surface area contributed by atoms with Crippen LogP contribution in [0, 0.1) is 35.5 Å². The molecule has 2 fully saturated rings. The monoisotopic (exact) mass is 468 g/mol. The number of carbonyl (C=O) groups is 2. The molecule has 6 nitrogen and oxygen atoms in total. The first kappa shape index (κ1) is 24.7. The summed E-state index contributed by atoms with van der Waals surface area (Å²) < 4.78 is 13.8. The summed E-state index contributed by atoms with van der Waals surface area (Å²) in [7, 11) is 1.90. The van der Waals surface area contributed by atoms with E-state index < -0.39 is 0 Å². The maximum atomic E-state index is 12.7. The second-order valence-electron chi connectivity index (χ2n) is 11.1. The molecule has 0 radical (unpaired) electrons. The molecule has 6 heteroatoms. The molecule has 7 unspecified atom stereocenters. The zero-order valence-corrected chi connectivity index (χ0v) is 21.3. The average Bonchev–Trinajstić information content (AvgIpc) is 3.33. The van der Waals surface area contributed by atoms with Gasteiger partial charge in [0.05, 0.1) is 12.0 Å². The van der Waals surface area contributed by atoms with Gasteiger partial charge < -0.3 is 14.0 Å². The van der Waals surface area contributed by atoms with Gasteiger partial charge in [-0.3, -0.25) is 4.79 Å². The van der Waals surface area contributed by atoms with E-state index in [4.69, 9.17) is 9.47 Å². The Kier molecular flexibility index (Phi) is 7.63. The van der Waals surface area contributed by atoms with Crippen LogP contribution in [0.15, 0.2) is 30.2 Å². The standard InChI is InChI=1S/C28H40N2O4/c1-17(2)25-8-6-18(3)26-13-24(34-28(32)9-7-22-15-30(5)16-29-22)12-21-10-20(21)11-23(14-27(25)26)33-19(4)31/h6-7,9,15-17,20-21,23-27H,8,10-14H2,1-5H3. The van der Waals surface area contributed by atoms with Crippen LogP contribution in [0.4, 0.5) is 0 Å². The molecule has 0 N–H and O–H groups in total. The molecular weight excluding hydrogens is 428 g/mol. The van der Waals surface area contributed by atoms with Gasteiger partial charge in [-0.15, -0.1) is 0 Å². The number of allylic oxidation sites excluding steroid dienone is 2. The van der Waals surface area contributed by atoms with E-state index in [0.29, 0.717) is 35.5 Å². The van der Waals surface area contributed by atoms with Crippen molar-refractivity contribution in [1.29, 1.82) is 0 Å². The van der Waals surface area contributed by atoms with Crippen molar-refractivity contribution in [2.45, 2.75) is 78.4 Å². The molecule has 0 saturated heterocycles. The Morgan fingerprint density at radius 2 is 1.79 bits per heavy atom. The Hall–Kier alpha value is -2.37. The Bertz CT molecular complexity index is 946. The van der Waals surface area contributed by atoms with Gasteiger partial charge in [0.15, 0.2) is 0 Å². The Balaban J connectivity index is 1.53. The smallest absolute Gasteiger partial charge is 0.331 e. The molecule has 2 saturated carbocycles. The molecule has 0 aliphatic heterocycles. The minimum absolute atomic E-state index is 0.00689. The number of nitrogens with zero attached hydrogens (tertiary/aromatic N) is 2. The fourth-order valence-corrected chi connectivity index (χ4v) is 6.40. The zero-order valence-electron chi connectivity index (χ0n) is 21.3. The molecule has 0 bridgehead atoms. The number of esters is 2. The molecule has 186 valence electrons. The molecule has 4 rings (SSSR count). The highest BCUT2D eigenvalue weighted by Crippen LogP contribution is 2.51. The highest BCUT2D eigenvalue weighted by Gasteiger charge is 2.46. The molecule has 0 spiro atoms. The van der Waals surface area contributed by atoms with Crippen LogP contribution in [0.25, 0.3) is 6.08 Å². The van der Waals surface area contributed by atoms with Crippen molar-refractivity contribution in [2.24, 2.45) is 42.6 Å². The predicted molar refractivity (Wildman–Crippen MR) is 131 cm³/mol. The predicted octanol–water partition coefficient (Wildman–Crippen LogP) is 5.34. The Morgan fingerprint density at radius 3 is 2.41 bits per heavy atom. The summed E-state index contributed by atoms with van der Waals surface area (Å²) in [6.45, 7) is 8.35. The van der Waals surface area contributed by atoms with E-state index in [9.17, 15) is 9.59 Å². The molecule has 1 aromatic heterocycles. The van der Waals surface area contributed by atoms with Crippen LogP contribution in [0.1, 0.15) is 71.9 Å². The van der Waals surface area contributed by atoms with E-state index in [1.165, 1.54) is 18.6 Å². The van der Waals surface area contributed by atoms with Gasteiger partial charge in [-0.2, -0.15) is 0 Å². The summed E-state index contributed by atoms with van der Waals surface area (Å²) in [4.78, 5) is 28.8. The topological polar surface area (TPSA) is 70.4 Å². The van der Waals surface area contributed by atoms with Gasteiger partial charge in [-0.25, -0.2) is 9.78 Å². The first-order chi connectivity index (χ1) is 16.2. The molecule has 3 aliphatic rings. The van der Waals surface area contributed by atoms with Crippen molar-refractivity contribution in [1.82, 2.24) is 9.55 Å². The van der Waals surface area contributed by atoms with Crippen molar-refractivity contribution in [3.05, 3.63) is 35.9 Å². The molecule has 1 heterocycles. The molecule has 1 aromatic rings. The van der Waals surface area contributed by atoms with Crippen LogP contribution in [-0.4, -0.2) is 33.7 Å². The van der Waals surface area contributed by atoms with E-state index in [-0.39, 0.29) is 24.1 Å².